The zero-order valence-corrected chi connectivity index (χ0v) is 20.0. The number of nitrogens with two attached hydrogens (primary N) is 1. The maximum Gasteiger partial charge on any atom is 0.144 e. The molecule has 0 atom stereocenters. The van der Waals surface area contributed by atoms with Crippen LogP contribution in [0.4, 0.5) is 0 Å². The van der Waals surface area contributed by atoms with Gasteiger partial charge in [-0.3, -0.25) is 4.99 Å². The summed E-state index contributed by atoms with van der Waals surface area (Å²) < 4.78 is 13.6. The second-order valence-electron chi connectivity index (χ2n) is 8.37. The predicted molar refractivity (Wildman–Crippen MR) is 130 cm³/mol. The number of hydrogen-bond donors (Lipinski definition) is 1. The number of nitrogens with zero attached hydrogens (tertiary/aromatic N) is 3. The highest BCUT2D eigenvalue weighted by molar-refractivity contribution is 6.76. The van der Waals surface area contributed by atoms with E-state index in [1.54, 1.807) is 6.08 Å². The molecule has 2 heterocycles. The topological polar surface area (TPSA) is 74.1 Å². The Balaban J connectivity index is 1.65. The fourth-order valence-corrected chi connectivity index (χ4v) is 3.75. The molecule has 8 heteroatoms. The maximum absolute atomic E-state index is 5.98. The molecule has 3 aromatic rings. The highest BCUT2D eigenvalue weighted by Crippen LogP contribution is 2.23. The molecule has 0 unspecified atom stereocenters. The third-order valence-corrected chi connectivity index (χ3v) is 6.55. The van der Waals surface area contributed by atoms with Crippen LogP contribution in [0, 0.1) is 0 Å². The molecule has 31 heavy (non-hydrogen) atoms. The fraction of sp³-hybridized carbons (Fsp3) is 0.304. The number of halogens is 1. The highest BCUT2D eigenvalue weighted by atomic mass is 35.5. The zero-order chi connectivity index (χ0) is 22.3. The van der Waals surface area contributed by atoms with E-state index in [4.69, 9.17) is 26.8 Å². The lowest BCUT2D eigenvalue weighted by atomic mass is 10.1. The van der Waals surface area contributed by atoms with Crippen LogP contribution in [0.15, 0.2) is 66.1 Å². The third-order valence-electron chi connectivity index (χ3n) is 4.57. The second-order valence-corrected chi connectivity index (χ2v) is 14.3. The number of alkyl halides is 1. The molecular formula is C23H29ClN4O2Si. The predicted octanol–water partition coefficient (Wildman–Crippen LogP) is 5.44. The van der Waals surface area contributed by atoms with Crippen LogP contribution < -0.4 is 10.5 Å². The van der Waals surface area contributed by atoms with Crippen LogP contribution in [0.2, 0.25) is 25.7 Å². The maximum atomic E-state index is 5.98. The number of pyridine rings is 1. The van der Waals surface area contributed by atoms with Gasteiger partial charge in [0, 0.05) is 26.4 Å². The van der Waals surface area contributed by atoms with E-state index < -0.39 is 8.07 Å². The van der Waals surface area contributed by atoms with Crippen molar-refractivity contribution < 1.29 is 9.47 Å². The molecule has 0 aliphatic carbocycles. The number of rotatable bonds is 10. The molecule has 1 aromatic carbocycles. The molecule has 6 nitrogen and oxygen atoms in total. The van der Waals surface area contributed by atoms with E-state index in [9.17, 15) is 0 Å². The van der Waals surface area contributed by atoms with E-state index in [0.29, 0.717) is 18.4 Å². The van der Waals surface area contributed by atoms with E-state index in [-0.39, 0.29) is 0 Å². The van der Waals surface area contributed by atoms with Crippen molar-refractivity contribution in [3.8, 4) is 11.5 Å². The van der Waals surface area contributed by atoms with Gasteiger partial charge >= 0.3 is 0 Å². The standard InChI is InChI=1S/C23H29ClN4O2Si/c1-31(2,3)13-12-29-17-26-22(10-11-25)18-4-6-20(7-5-18)30-21-8-9-23-27-19(14-24)15-28(23)16-21/h4-11,15-16H,12-14,17,25H2,1-3H3. The summed E-state index contributed by atoms with van der Waals surface area (Å²) in [6.07, 6.45) is 7.04. The molecule has 164 valence electrons. The molecule has 0 fully saturated rings. The molecule has 0 amide bonds. The Labute approximate surface area is 189 Å². The first kappa shape index (κ1) is 23.1. The van der Waals surface area contributed by atoms with Gasteiger partial charge in [0.1, 0.15) is 23.9 Å². The molecule has 0 saturated heterocycles. The van der Waals surface area contributed by atoms with Crippen LogP contribution >= 0.6 is 11.6 Å². The van der Waals surface area contributed by atoms with E-state index in [0.717, 1.165) is 41.0 Å². The Morgan fingerprint density at radius 1 is 1.13 bits per heavy atom. The van der Waals surface area contributed by atoms with Crippen LogP contribution in [0.1, 0.15) is 11.3 Å². The van der Waals surface area contributed by atoms with Crippen molar-refractivity contribution in [1.29, 1.82) is 0 Å². The van der Waals surface area contributed by atoms with Crippen LogP contribution in [-0.2, 0) is 10.6 Å². The summed E-state index contributed by atoms with van der Waals surface area (Å²) in [5.74, 6) is 1.82. The fourth-order valence-electron chi connectivity index (χ4n) is 2.87. The summed E-state index contributed by atoms with van der Waals surface area (Å²) in [4.78, 5) is 8.96. The monoisotopic (exact) mass is 456 g/mol. The second kappa shape index (κ2) is 10.6. The van der Waals surface area contributed by atoms with E-state index in [1.165, 1.54) is 6.20 Å². The molecular weight excluding hydrogens is 428 g/mol. The minimum Gasteiger partial charge on any atom is -0.456 e. The minimum absolute atomic E-state index is 0.317. The van der Waals surface area contributed by atoms with Gasteiger partial charge in [0.2, 0.25) is 0 Å². The van der Waals surface area contributed by atoms with Crippen molar-refractivity contribution in [1.82, 2.24) is 9.38 Å². The summed E-state index contributed by atoms with van der Waals surface area (Å²) in [5.41, 5.74) is 8.98. The summed E-state index contributed by atoms with van der Waals surface area (Å²) >= 11 is 5.86. The highest BCUT2D eigenvalue weighted by Gasteiger charge is 2.12. The van der Waals surface area contributed by atoms with Crippen LogP contribution in [-0.4, -0.2) is 36.5 Å². The van der Waals surface area contributed by atoms with Gasteiger partial charge in [0.15, 0.2) is 0 Å². The Hall–Kier alpha value is -2.61. The van der Waals surface area contributed by atoms with Gasteiger partial charge in [-0.1, -0.05) is 19.6 Å². The average molecular weight is 457 g/mol. The molecule has 2 N–H and O–H groups in total. The number of fused-ring (bicyclic) bond motifs is 1. The quantitative estimate of drug-likeness (QED) is 0.191. The van der Waals surface area contributed by atoms with Gasteiger partial charge in [-0.2, -0.15) is 0 Å². The summed E-state index contributed by atoms with van der Waals surface area (Å²) in [7, 11) is -1.10. The molecule has 0 spiro atoms. The Morgan fingerprint density at radius 3 is 2.55 bits per heavy atom. The normalized spacial score (nSPS) is 12.7. The number of ether oxygens (including phenoxy) is 2. The third kappa shape index (κ3) is 6.95. The van der Waals surface area contributed by atoms with Crippen molar-refractivity contribution in [2.24, 2.45) is 10.7 Å². The number of hydrogen-bond acceptors (Lipinski definition) is 5. The van der Waals surface area contributed by atoms with Gasteiger partial charge in [-0.15, -0.1) is 11.6 Å². The number of imidazole rings is 1. The number of allylic oxidation sites excluding steroid dienone is 1. The van der Waals surface area contributed by atoms with Gasteiger partial charge in [0.05, 0.1) is 23.5 Å². The number of aromatic nitrogens is 2. The Bertz CT molecular complexity index is 1060. The van der Waals surface area contributed by atoms with E-state index in [2.05, 4.69) is 29.6 Å². The lowest BCUT2D eigenvalue weighted by Crippen LogP contribution is -2.21. The summed E-state index contributed by atoms with van der Waals surface area (Å²) in [5, 5.41) is 0. The summed E-state index contributed by atoms with van der Waals surface area (Å²) in [6.45, 7) is 8.04. The van der Waals surface area contributed by atoms with Crippen molar-refractivity contribution in [3.63, 3.8) is 0 Å². The van der Waals surface area contributed by atoms with Crippen molar-refractivity contribution in [2.75, 3.05) is 13.3 Å². The Kier molecular flexibility index (Phi) is 7.89. The molecule has 3 rings (SSSR count). The summed E-state index contributed by atoms with van der Waals surface area (Å²) in [6, 6.07) is 12.6. The van der Waals surface area contributed by atoms with Gasteiger partial charge < -0.3 is 19.6 Å². The molecule has 0 aliphatic heterocycles. The molecule has 0 bridgehead atoms. The van der Waals surface area contributed by atoms with E-state index >= 15 is 0 Å². The molecule has 0 aliphatic rings. The zero-order valence-electron chi connectivity index (χ0n) is 18.2. The largest absolute Gasteiger partial charge is 0.456 e. The van der Waals surface area contributed by atoms with Gasteiger partial charge in [-0.25, -0.2) is 4.98 Å². The van der Waals surface area contributed by atoms with Crippen LogP contribution in [0.3, 0.4) is 0 Å². The smallest absolute Gasteiger partial charge is 0.144 e. The average Bonchev–Trinajstić information content (AvgIpc) is 3.15. The molecule has 0 saturated carbocycles. The molecule has 2 aromatic heterocycles. The van der Waals surface area contributed by atoms with Crippen molar-refractivity contribution in [3.05, 3.63) is 72.3 Å². The number of benzene rings is 1. The van der Waals surface area contributed by atoms with E-state index in [1.807, 2.05) is 53.2 Å². The lowest BCUT2D eigenvalue weighted by molar-refractivity contribution is 0.155. The number of aliphatic imine (C=N–C) groups is 1. The lowest BCUT2D eigenvalue weighted by Gasteiger charge is -2.14. The molecule has 0 radical (unpaired) electrons. The van der Waals surface area contributed by atoms with Gasteiger partial charge in [-0.05, 0) is 54.7 Å². The first-order valence-electron chi connectivity index (χ1n) is 10.2. The van der Waals surface area contributed by atoms with Gasteiger partial charge in [0.25, 0.3) is 0 Å². The Morgan fingerprint density at radius 2 is 1.87 bits per heavy atom. The van der Waals surface area contributed by atoms with Crippen LogP contribution in [0.25, 0.3) is 5.65 Å². The van der Waals surface area contributed by atoms with Crippen molar-refractivity contribution in [2.45, 2.75) is 31.6 Å². The minimum atomic E-state index is -1.10. The van der Waals surface area contributed by atoms with Crippen molar-refractivity contribution >= 4 is 31.0 Å². The first-order valence-corrected chi connectivity index (χ1v) is 14.4. The van der Waals surface area contributed by atoms with Crippen LogP contribution in [0.5, 0.6) is 11.5 Å². The SMILES string of the molecule is C[Si](C)(C)CCOCN=C(C=CN)c1ccc(Oc2ccc3nc(CCl)cn3c2)cc1. The first-order chi connectivity index (χ1) is 14.9.